The van der Waals surface area contributed by atoms with Crippen molar-refractivity contribution in [3.05, 3.63) is 46.7 Å². The molecule has 2 rings (SSSR count). The van der Waals surface area contributed by atoms with Crippen LogP contribution in [0.2, 0.25) is 0 Å². The van der Waals surface area contributed by atoms with Gasteiger partial charge in [0.1, 0.15) is 0 Å². The number of alkyl halides is 10. The van der Waals surface area contributed by atoms with Gasteiger partial charge in [0.25, 0.3) is 0 Å². The van der Waals surface area contributed by atoms with Crippen molar-refractivity contribution in [3.8, 4) is 0 Å². The maximum Gasteiger partial charge on any atom is 0.460 e. The van der Waals surface area contributed by atoms with E-state index in [1.807, 2.05) is 0 Å². The van der Waals surface area contributed by atoms with Gasteiger partial charge in [0.2, 0.25) is 0 Å². The standard InChI is InChI=1S/C17H11F10NO2/c18-14(19,16(23,24)17(25,26)27)13(30)12-10(4-5-11(12)29)28-7-8-2-1-3-9(6-8)15(20,21)22/h1-3,6,30H,4-5,7H2/b13-12+,28-10?. The van der Waals surface area contributed by atoms with Crippen LogP contribution in [0.3, 0.4) is 0 Å². The van der Waals surface area contributed by atoms with Gasteiger partial charge in [-0.2, -0.15) is 43.9 Å². The van der Waals surface area contributed by atoms with E-state index >= 15 is 0 Å². The van der Waals surface area contributed by atoms with Crippen LogP contribution in [-0.4, -0.2) is 34.6 Å². The second-order valence-electron chi connectivity index (χ2n) is 6.25. The lowest BCUT2D eigenvalue weighted by molar-refractivity contribution is -0.349. The molecule has 0 aliphatic heterocycles. The van der Waals surface area contributed by atoms with E-state index in [4.69, 9.17) is 0 Å². The lowest BCUT2D eigenvalue weighted by atomic mass is 10.0. The van der Waals surface area contributed by atoms with Crippen LogP contribution in [0.1, 0.15) is 24.0 Å². The first-order valence-corrected chi connectivity index (χ1v) is 7.99. The van der Waals surface area contributed by atoms with Crippen LogP contribution in [0, 0.1) is 0 Å². The highest BCUT2D eigenvalue weighted by Crippen LogP contribution is 2.50. The predicted octanol–water partition coefficient (Wildman–Crippen LogP) is 5.65. The summed E-state index contributed by atoms with van der Waals surface area (Å²) in [7, 11) is 0. The van der Waals surface area contributed by atoms with Crippen molar-refractivity contribution in [2.24, 2.45) is 4.99 Å². The predicted molar refractivity (Wildman–Crippen MR) is 82.4 cm³/mol. The average Bonchev–Trinajstić information content (AvgIpc) is 2.98. The molecule has 0 bridgehead atoms. The van der Waals surface area contributed by atoms with Crippen molar-refractivity contribution < 1.29 is 53.8 Å². The number of carbonyl (C=O) groups is 1. The largest absolute Gasteiger partial charge is 0.506 e. The zero-order chi connectivity index (χ0) is 23.1. The van der Waals surface area contributed by atoms with Gasteiger partial charge < -0.3 is 5.11 Å². The van der Waals surface area contributed by atoms with Gasteiger partial charge in [-0.15, -0.1) is 0 Å². The fourth-order valence-corrected chi connectivity index (χ4v) is 2.59. The van der Waals surface area contributed by atoms with E-state index in [9.17, 15) is 53.8 Å². The molecule has 1 fully saturated rings. The second kappa shape index (κ2) is 7.58. The molecule has 0 amide bonds. The Labute approximate surface area is 161 Å². The third-order valence-corrected chi connectivity index (χ3v) is 4.15. The fourth-order valence-electron chi connectivity index (χ4n) is 2.59. The summed E-state index contributed by atoms with van der Waals surface area (Å²) in [5, 5.41) is 9.46. The number of carbonyl (C=O) groups excluding carboxylic acids is 1. The topological polar surface area (TPSA) is 49.7 Å². The molecule has 0 atom stereocenters. The van der Waals surface area contributed by atoms with E-state index in [2.05, 4.69) is 4.99 Å². The Kier molecular flexibility index (Phi) is 5.98. The summed E-state index contributed by atoms with van der Waals surface area (Å²) in [6.07, 6.45) is -12.5. The minimum Gasteiger partial charge on any atom is -0.506 e. The Morgan fingerprint density at radius 1 is 0.967 bits per heavy atom. The maximum atomic E-state index is 13.7. The minimum absolute atomic E-state index is 0.108. The molecular formula is C17H11F10NO2. The molecule has 166 valence electrons. The second-order valence-corrected chi connectivity index (χ2v) is 6.25. The molecule has 3 nitrogen and oxygen atoms in total. The quantitative estimate of drug-likeness (QED) is 0.365. The number of halogens is 10. The summed E-state index contributed by atoms with van der Waals surface area (Å²) in [5.74, 6) is -17.0. The zero-order valence-electron chi connectivity index (χ0n) is 14.5. The Balaban J connectivity index is 2.44. The summed E-state index contributed by atoms with van der Waals surface area (Å²) in [6.45, 7) is -0.634. The molecule has 0 aromatic heterocycles. The Morgan fingerprint density at radius 3 is 2.10 bits per heavy atom. The first kappa shape index (κ1) is 23.7. The monoisotopic (exact) mass is 451 g/mol. The highest BCUT2D eigenvalue weighted by Gasteiger charge is 2.75. The number of aliphatic hydroxyl groups excluding tert-OH is 1. The van der Waals surface area contributed by atoms with Crippen molar-refractivity contribution in [2.75, 3.05) is 0 Å². The summed E-state index contributed by atoms with van der Waals surface area (Å²) in [4.78, 5) is 15.3. The molecule has 0 heterocycles. The molecule has 1 aromatic rings. The van der Waals surface area contributed by atoms with Crippen molar-refractivity contribution in [2.45, 2.75) is 43.6 Å². The van der Waals surface area contributed by atoms with Crippen LogP contribution in [-0.2, 0) is 17.5 Å². The molecule has 1 aliphatic carbocycles. The highest BCUT2D eigenvalue weighted by atomic mass is 19.4. The van der Waals surface area contributed by atoms with Crippen molar-refractivity contribution in [3.63, 3.8) is 0 Å². The van der Waals surface area contributed by atoms with E-state index in [1.165, 1.54) is 0 Å². The fraction of sp³-hybridized carbons (Fsp3) is 0.412. The van der Waals surface area contributed by atoms with Gasteiger partial charge in [-0.05, 0) is 24.1 Å². The van der Waals surface area contributed by atoms with E-state index in [1.54, 1.807) is 0 Å². The van der Waals surface area contributed by atoms with Gasteiger partial charge in [-0.1, -0.05) is 12.1 Å². The number of nitrogens with zero attached hydrogens (tertiary/aromatic N) is 1. The lowest BCUT2D eigenvalue weighted by Crippen LogP contribution is -2.53. The lowest BCUT2D eigenvalue weighted by Gasteiger charge is -2.28. The summed E-state index contributed by atoms with van der Waals surface area (Å²) >= 11 is 0. The average molecular weight is 451 g/mol. The molecule has 1 saturated carbocycles. The first-order chi connectivity index (χ1) is 13.5. The number of benzene rings is 1. The van der Waals surface area contributed by atoms with Crippen LogP contribution in [0.5, 0.6) is 0 Å². The van der Waals surface area contributed by atoms with Crippen molar-refractivity contribution in [1.29, 1.82) is 0 Å². The van der Waals surface area contributed by atoms with Gasteiger partial charge >= 0.3 is 24.2 Å². The number of Topliss-reactive ketones (excluding diaryl/α,β-unsaturated/α-hetero) is 1. The Bertz CT molecular complexity index is 897. The van der Waals surface area contributed by atoms with Crippen LogP contribution >= 0.6 is 0 Å². The van der Waals surface area contributed by atoms with E-state index in [0.29, 0.717) is 6.07 Å². The van der Waals surface area contributed by atoms with Crippen molar-refractivity contribution in [1.82, 2.24) is 0 Å². The molecular weight excluding hydrogens is 440 g/mol. The minimum atomic E-state index is -6.73. The number of rotatable bonds is 4. The molecule has 1 aromatic carbocycles. The molecule has 30 heavy (non-hydrogen) atoms. The summed E-state index contributed by atoms with van der Waals surface area (Å²) in [6, 6.07) is 3.54. The van der Waals surface area contributed by atoms with Gasteiger partial charge in [0.15, 0.2) is 11.5 Å². The van der Waals surface area contributed by atoms with Gasteiger partial charge in [0.05, 0.1) is 23.4 Å². The van der Waals surface area contributed by atoms with E-state index in [-0.39, 0.29) is 5.56 Å². The summed E-state index contributed by atoms with van der Waals surface area (Å²) < 4.78 is 129. The molecule has 0 unspecified atom stereocenters. The molecule has 1 N–H and O–H groups in total. The SMILES string of the molecule is O=C1CCC(=NCc2cccc(C(F)(F)F)c2)/C1=C(\O)C(F)(F)C(F)(F)C(F)(F)F. The molecule has 0 saturated heterocycles. The van der Waals surface area contributed by atoms with Gasteiger partial charge in [-0.25, -0.2) is 0 Å². The number of hydrogen-bond acceptors (Lipinski definition) is 3. The van der Waals surface area contributed by atoms with Crippen molar-refractivity contribution >= 4 is 11.5 Å². The molecule has 13 heteroatoms. The van der Waals surface area contributed by atoms with Crippen LogP contribution in [0.4, 0.5) is 43.9 Å². The number of aliphatic hydroxyl groups is 1. The van der Waals surface area contributed by atoms with Gasteiger partial charge in [0, 0.05) is 6.42 Å². The third kappa shape index (κ3) is 4.29. The van der Waals surface area contributed by atoms with E-state index < -0.39 is 72.0 Å². The normalized spacial score (nSPS) is 19.5. The first-order valence-electron chi connectivity index (χ1n) is 7.99. The number of hydrogen-bond donors (Lipinski definition) is 1. The highest BCUT2D eigenvalue weighted by molar-refractivity contribution is 6.27. The smallest absolute Gasteiger partial charge is 0.460 e. The Hall–Kier alpha value is -2.60. The molecule has 0 radical (unpaired) electrons. The van der Waals surface area contributed by atoms with E-state index in [0.717, 1.165) is 18.2 Å². The molecule has 0 spiro atoms. The van der Waals surface area contributed by atoms with Gasteiger partial charge in [-0.3, -0.25) is 9.79 Å². The third-order valence-electron chi connectivity index (χ3n) is 4.15. The molecule has 1 aliphatic rings. The number of allylic oxidation sites excluding steroid dienone is 2. The summed E-state index contributed by atoms with van der Waals surface area (Å²) in [5.41, 5.74) is -3.40. The Morgan fingerprint density at radius 2 is 1.57 bits per heavy atom. The maximum absolute atomic E-state index is 13.7. The van der Waals surface area contributed by atoms with Crippen LogP contribution in [0.25, 0.3) is 0 Å². The van der Waals surface area contributed by atoms with Crippen LogP contribution < -0.4 is 0 Å². The number of ketones is 1. The number of aliphatic imine (C=N–C) groups is 1. The zero-order valence-corrected chi connectivity index (χ0v) is 14.5. The van der Waals surface area contributed by atoms with Crippen LogP contribution in [0.15, 0.2) is 40.6 Å².